The van der Waals surface area contributed by atoms with Crippen molar-refractivity contribution in [2.45, 2.75) is 0 Å². The standard InChI is InChI=1S/CH3BrFOP/c1-4-5(2)3/h1H3. The van der Waals surface area contributed by atoms with Crippen LogP contribution in [0.1, 0.15) is 0 Å². The average Bonchev–Trinajstić information content (AvgIpc) is 1.38. The zero-order valence-corrected chi connectivity index (χ0v) is 5.09. The molecule has 32 valence electrons. The number of hydrogen-bond donors (Lipinski definition) is 0. The van der Waals surface area contributed by atoms with Crippen molar-refractivity contribution < 1.29 is 8.72 Å². The van der Waals surface area contributed by atoms with E-state index in [2.05, 4.69) is 20.0 Å². The normalized spacial score (nSPS) is 15.0. The second-order valence-corrected chi connectivity index (χ2v) is 2.83. The highest BCUT2D eigenvalue weighted by Crippen LogP contribution is 2.45. The Kier molecular flexibility index (Phi) is 3.49. The summed E-state index contributed by atoms with van der Waals surface area (Å²) in [6, 6.07) is 0. The van der Waals surface area contributed by atoms with Crippen LogP contribution < -0.4 is 0 Å². The molecular weight excluding hydrogens is 158 g/mol. The number of rotatable bonds is 1. The van der Waals surface area contributed by atoms with E-state index in [4.69, 9.17) is 0 Å². The predicted octanol–water partition coefficient (Wildman–Crippen LogP) is 2.22. The largest absolute Gasteiger partial charge is 0.326 e. The van der Waals surface area contributed by atoms with Gasteiger partial charge in [0.1, 0.15) is 0 Å². The maximum Gasteiger partial charge on any atom is 0.292 e. The van der Waals surface area contributed by atoms with Crippen molar-refractivity contribution in [1.29, 1.82) is 0 Å². The maximum atomic E-state index is 11.2. The van der Waals surface area contributed by atoms with Crippen molar-refractivity contribution in [2.75, 3.05) is 7.11 Å². The first-order chi connectivity index (χ1) is 2.27. The summed E-state index contributed by atoms with van der Waals surface area (Å²) in [4.78, 5) is 0. The van der Waals surface area contributed by atoms with Crippen molar-refractivity contribution >= 4 is 22.7 Å². The van der Waals surface area contributed by atoms with Gasteiger partial charge >= 0.3 is 0 Å². The van der Waals surface area contributed by atoms with Crippen LogP contribution in [0.2, 0.25) is 0 Å². The summed E-state index contributed by atoms with van der Waals surface area (Å²) in [5.74, 6) is 0. The molecule has 0 spiro atoms. The topological polar surface area (TPSA) is 9.23 Å². The summed E-state index contributed by atoms with van der Waals surface area (Å²) < 4.78 is 15.3. The second kappa shape index (κ2) is 3.01. The molecular formula is CH3BrFOP. The van der Waals surface area contributed by atoms with Crippen LogP contribution in [0.5, 0.6) is 0 Å². The van der Waals surface area contributed by atoms with Crippen LogP contribution in [0, 0.1) is 0 Å². The lowest BCUT2D eigenvalue weighted by Gasteiger charge is -1.85. The zero-order chi connectivity index (χ0) is 4.28. The third-order valence-electron chi connectivity index (χ3n) is 0.138. The van der Waals surface area contributed by atoms with Gasteiger partial charge in [0.2, 0.25) is 0 Å². The fourth-order valence-corrected chi connectivity index (χ4v) is 0. The van der Waals surface area contributed by atoms with Crippen LogP contribution >= 0.6 is 22.7 Å². The fraction of sp³-hybridized carbons (Fsp3) is 1.00. The smallest absolute Gasteiger partial charge is 0.292 e. The Morgan fingerprint density at radius 2 is 2.20 bits per heavy atom. The summed E-state index contributed by atoms with van der Waals surface area (Å²) in [6.45, 7) is 0. The molecule has 0 aliphatic rings. The van der Waals surface area contributed by atoms with Crippen LogP contribution in [-0.2, 0) is 4.52 Å². The van der Waals surface area contributed by atoms with E-state index in [0.29, 0.717) is 0 Å². The van der Waals surface area contributed by atoms with Crippen molar-refractivity contribution in [3.05, 3.63) is 0 Å². The molecule has 0 amide bonds. The van der Waals surface area contributed by atoms with Crippen molar-refractivity contribution in [3.8, 4) is 0 Å². The number of halogens is 2. The van der Waals surface area contributed by atoms with Gasteiger partial charge in [-0.05, 0) is 0 Å². The molecule has 0 fully saturated rings. The summed E-state index contributed by atoms with van der Waals surface area (Å²) in [7, 11) is -0.480. The molecule has 0 heterocycles. The highest BCUT2D eigenvalue weighted by atomic mass is 79.9. The van der Waals surface area contributed by atoms with E-state index in [1.807, 2.05) is 0 Å². The Morgan fingerprint density at radius 1 is 2.00 bits per heavy atom. The van der Waals surface area contributed by atoms with Crippen molar-refractivity contribution in [2.24, 2.45) is 0 Å². The van der Waals surface area contributed by atoms with Gasteiger partial charge in [0.25, 0.3) is 7.16 Å². The molecule has 0 aromatic carbocycles. The first-order valence-electron chi connectivity index (χ1n) is 0.929. The Morgan fingerprint density at radius 3 is 2.20 bits per heavy atom. The molecule has 0 aliphatic heterocycles. The van der Waals surface area contributed by atoms with E-state index in [0.717, 1.165) is 0 Å². The highest BCUT2D eigenvalue weighted by Gasteiger charge is 1.90. The zero-order valence-electron chi connectivity index (χ0n) is 2.61. The molecule has 0 aliphatic carbocycles. The summed E-state index contributed by atoms with van der Waals surface area (Å²) >= 11 is 2.55. The van der Waals surface area contributed by atoms with Gasteiger partial charge in [-0.25, -0.2) is 0 Å². The maximum absolute atomic E-state index is 11.2. The summed E-state index contributed by atoms with van der Waals surface area (Å²) in [5.41, 5.74) is 0. The summed E-state index contributed by atoms with van der Waals surface area (Å²) in [5, 5.41) is 0. The Bertz CT molecular complexity index is 25.6. The molecule has 0 N–H and O–H groups in total. The van der Waals surface area contributed by atoms with Crippen LogP contribution in [0.15, 0.2) is 0 Å². The van der Waals surface area contributed by atoms with Gasteiger partial charge in [-0.1, -0.05) is 0 Å². The lowest BCUT2D eigenvalue weighted by Crippen LogP contribution is -1.52. The molecule has 4 heteroatoms. The summed E-state index contributed by atoms with van der Waals surface area (Å²) in [6.07, 6.45) is 0. The molecule has 0 saturated heterocycles. The van der Waals surface area contributed by atoms with Gasteiger partial charge in [0.05, 0.1) is 0 Å². The first-order valence-corrected chi connectivity index (χ1v) is 4.10. The van der Waals surface area contributed by atoms with Gasteiger partial charge in [-0.15, -0.1) is 0 Å². The van der Waals surface area contributed by atoms with E-state index in [9.17, 15) is 4.20 Å². The minimum atomic E-state index is -1.79. The molecule has 0 saturated carbocycles. The van der Waals surface area contributed by atoms with E-state index < -0.39 is 7.16 Å². The fourth-order valence-electron chi connectivity index (χ4n) is 0. The molecule has 5 heavy (non-hydrogen) atoms. The quantitative estimate of drug-likeness (QED) is 0.535. The molecule has 0 rings (SSSR count). The Balaban J connectivity index is 2.54. The molecule has 1 nitrogen and oxygen atoms in total. The van der Waals surface area contributed by atoms with Gasteiger partial charge in [-0.3, -0.25) is 0 Å². The third kappa shape index (κ3) is 4.80. The molecule has 0 aromatic heterocycles. The first kappa shape index (κ1) is 5.80. The molecule has 1 atom stereocenters. The monoisotopic (exact) mass is 160 g/mol. The van der Waals surface area contributed by atoms with Crippen molar-refractivity contribution in [1.82, 2.24) is 0 Å². The Labute approximate surface area is 39.2 Å². The van der Waals surface area contributed by atoms with Gasteiger partial charge in [0, 0.05) is 22.6 Å². The van der Waals surface area contributed by atoms with Crippen LogP contribution in [0.3, 0.4) is 0 Å². The van der Waals surface area contributed by atoms with E-state index in [1.54, 1.807) is 0 Å². The van der Waals surface area contributed by atoms with Crippen molar-refractivity contribution in [3.63, 3.8) is 0 Å². The minimum Gasteiger partial charge on any atom is -0.326 e. The second-order valence-electron chi connectivity index (χ2n) is 0.384. The lowest BCUT2D eigenvalue weighted by atomic mass is 11.8. The average molecular weight is 161 g/mol. The molecule has 0 aromatic rings. The molecule has 1 unspecified atom stereocenters. The van der Waals surface area contributed by atoms with Gasteiger partial charge in [-0.2, -0.15) is 4.20 Å². The lowest BCUT2D eigenvalue weighted by molar-refractivity contribution is 0.446. The number of hydrogen-bond acceptors (Lipinski definition) is 1. The predicted molar refractivity (Wildman–Crippen MR) is 24.0 cm³/mol. The van der Waals surface area contributed by atoms with E-state index >= 15 is 0 Å². The Hall–Kier alpha value is 0.800. The SMILES string of the molecule is COP(F)Br. The third-order valence-corrected chi connectivity index (χ3v) is 1.28. The van der Waals surface area contributed by atoms with Gasteiger partial charge in [0.15, 0.2) is 0 Å². The van der Waals surface area contributed by atoms with E-state index in [1.165, 1.54) is 7.11 Å². The van der Waals surface area contributed by atoms with Crippen LogP contribution in [-0.4, -0.2) is 7.11 Å². The molecule has 0 radical (unpaired) electrons. The van der Waals surface area contributed by atoms with E-state index in [-0.39, 0.29) is 0 Å². The molecule has 0 bridgehead atoms. The van der Waals surface area contributed by atoms with Gasteiger partial charge < -0.3 is 4.52 Å². The minimum absolute atomic E-state index is 1.31. The van der Waals surface area contributed by atoms with Crippen LogP contribution in [0.4, 0.5) is 4.20 Å². The van der Waals surface area contributed by atoms with Crippen LogP contribution in [0.25, 0.3) is 0 Å². The highest BCUT2D eigenvalue weighted by molar-refractivity contribution is 9.38.